The Morgan fingerprint density at radius 2 is 1.68 bits per heavy atom. The van der Waals surface area contributed by atoms with E-state index in [1.54, 1.807) is 0 Å². The van der Waals surface area contributed by atoms with Crippen LogP contribution in [0, 0.1) is 5.92 Å². The highest BCUT2D eigenvalue weighted by Gasteiger charge is 2.14. The van der Waals surface area contributed by atoms with Crippen LogP contribution >= 0.6 is 0 Å². The molecule has 1 rings (SSSR count). The molecule has 1 aromatic carbocycles. The maximum absolute atomic E-state index is 5.89. The standard InChI is InChI=1S/C17H29NO/c1-7-18-16(13(2)3)12-19-15-10-8-14(9-11-15)17(4,5)6/h8-11,13,16,18H,7,12H2,1-6H3. The van der Waals surface area contributed by atoms with Gasteiger partial charge in [0.1, 0.15) is 12.4 Å². The highest BCUT2D eigenvalue weighted by molar-refractivity contribution is 5.31. The van der Waals surface area contributed by atoms with Crippen molar-refractivity contribution in [3.8, 4) is 5.75 Å². The molecular weight excluding hydrogens is 234 g/mol. The summed E-state index contributed by atoms with van der Waals surface area (Å²) in [6.07, 6.45) is 0. The molecule has 0 aromatic heterocycles. The van der Waals surface area contributed by atoms with E-state index in [1.807, 2.05) is 0 Å². The monoisotopic (exact) mass is 263 g/mol. The van der Waals surface area contributed by atoms with E-state index in [9.17, 15) is 0 Å². The predicted molar refractivity (Wildman–Crippen MR) is 82.9 cm³/mol. The fourth-order valence-corrected chi connectivity index (χ4v) is 1.99. The van der Waals surface area contributed by atoms with Crippen LogP contribution in [0.2, 0.25) is 0 Å². The van der Waals surface area contributed by atoms with Crippen LogP contribution in [-0.2, 0) is 5.41 Å². The average Bonchev–Trinajstić information content (AvgIpc) is 2.33. The quantitative estimate of drug-likeness (QED) is 0.837. The molecule has 0 bridgehead atoms. The molecular formula is C17H29NO. The Labute approximate surface area is 118 Å². The molecule has 0 aliphatic rings. The van der Waals surface area contributed by atoms with Gasteiger partial charge in [0.15, 0.2) is 0 Å². The first-order valence-electron chi connectivity index (χ1n) is 7.31. The molecule has 1 aromatic rings. The topological polar surface area (TPSA) is 21.3 Å². The first-order chi connectivity index (χ1) is 8.84. The van der Waals surface area contributed by atoms with E-state index in [4.69, 9.17) is 4.74 Å². The molecule has 0 spiro atoms. The highest BCUT2D eigenvalue weighted by Crippen LogP contribution is 2.24. The van der Waals surface area contributed by atoms with Crippen molar-refractivity contribution in [2.24, 2.45) is 5.92 Å². The molecule has 0 heterocycles. The van der Waals surface area contributed by atoms with Gasteiger partial charge in [-0.15, -0.1) is 0 Å². The zero-order chi connectivity index (χ0) is 14.5. The van der Waals surface area contributed by atoms with Crippen molar-refractivity contribution in [2.45, 2.75) is 53.0 Å². The Morgan fingerprint density at radius 1 is 1.11 bits per heavy atom. The lowest BCUT2D eigenvalue weighted by Gasteiger charge is -2.23. The predicted octanol–water partition coefficient (Wildman–Crippen LogP) is 4.00. The van der Waals surface area contributed by atoms with Crippen molar-refractivity contribution >= 4 is 0 Å². The average molecular weight is 263 g/mol. The number of rotatable bonds is 6. The molecule has 0 aliphatic carbocycles. The molecule has 2 heteroatoms. The summed E-state index contributed by atoms with van der Waals surface area (Å²) in [7, 11) is 0. The van der Waals surface area contributed by atoms with Crippen molar-refractivity contribution in [1.29, 1.82) is 0 Å². The molecule has 1 N–H and O–H groups in total. The summed E-state index contributed by atoms with van der Waals surface area (Å²) in [5.41, 5.74) is 1.54. The second-order valence-corrected chi connectivity index (χ2v) is 6.49. The van der Waals surface area contributed by atoms with E-state index in [2.05, 4.69) is 71.1 Å². The summed E-state index contributed by atoms with van der Waals surface area (Å²) in [6, 6.07) is 8.88. The minimum Gasteiger partial charge on any atom is -0.492 e. The summed E-state index contributed by atoms with van der Waals surface area (Å²) in [6.45, 7) is 15.0. The first-order valence-corrected chi connectivity index (χ1v) is 7.31. The number of likely N-dealkylation sites (N-methyl/N-ethyl adjacent to an activating group) is 1. The molecule has 0 saturated carbocycles. The minimum atomic E-state index is 0.197. The SMILES string of the molecule is CCNC(COc1ccc(C(C)(C)C)cc1)C(C)C. The Kier molecular flexibility index (Phi) is 5.86. The summed E-state index contributed by atoms with van der Waals surface area (Å²) in [4.78, 5) is 0. The Hall–Kier alpha value is -1.02. The summed E-state index contributed by atoms with van der Waals surface area (Å²) < 4.78 is 5.89. The number of ether oxygens (including phenoxy) is 1. The Balaban J connectivity index is 2.58. The lowest BCUT2D eigenvalue weighted by atomic mass is 9.87. The molecule has 19 heavy (non-hydrogen) atoms. The molecule has 0 amide bonds. The number of hydrogen-bond acceptors (Lipinski definition) is 2. The zero-order valence-electron chi connectivity index (χ0n) is 13.3. The van der Waals surface area contributed by atoms with Gasteiger partial charge in [-0.1, -0.05) is 53.7 Å². The van der Waals surface area contributed by atoms with Crippen LogP contribution in [-0.4, -0.2) is 19.2 Å². The molecule has 1 atom stereocenters. The van der Waals surface area contributed by atoms with E-state index >= 15 is 0 Å². The molecule has 2 nitrogen and oxygen atoms in total. The van der Waals surface area contributed by atoms with Crippen LogP contribution in [0.1, 0.15) is 47.1 Å². The van der Waals surface area contributed by atoms with Crippen LogP contribution in [0.25, 0.3) is 0 Å². The van der Waals surface area contributed by atoms with Gasteiger partial charge in [0.25, 0.3) is 0 Å². The van der Waals surface area contributed by atoms with Crippen molar-refractivity contribution in [3.05, 3.63) is 29.8 Å². The van der Waals surface area contributed by atoms with E-state index in [1.165, 1.54) is 5.56 Å². The van der Waals surface area contributed by atoms with Crippen molar-refractivity contribution in [2.75, 3.05) is 13.2 Å². The smallest absolute Gasteiger partial charge is 0.119 e. The zero-order valence-corrected chi connectivity index (χ0v) is 13.3. The van der Waals surface area contributed by atoms with Crippen LogP contribution in [0.4, 0.5) is 0 Å². The van der Waals surface area contributed by atoms with Crippen molar-refractivity contribution < 1.29 is 4.74 Å². The van der Waals surface area contributed by atoms with Gasteiger partial charge >= 0.3 is 0 Å². The van der Waals surface area contributed by atoms with E-state index in [0.717, 1.165) is 18.9 Å². The van der Waals surface area contributed by atoms with Crippen LogP contribution in [0.3, 0.4) is 0 Å². The maximum atomic E-state index is 5.89. The van der Waals surface area contributed by atoms with Gasteiger partial charge in [-0.2, -0.15) is 0 Å². The molecule has 0 radical (unpaired) electrons. The number of nitrogens with one attached hydrogen (secondary N) is 1. The molecule has 108 valence electrons. The minimum absolute atomic E-state index is 0.197. The van der Waals surface area contributed by atoms with Gasteiger partial charge in [0.05, 0.1) is 0 Å². The fourth-order valence-electron chi connectivity index (χ4n) is 1.99. The van der Waals surface area contributed by atoms with Crippen molar-refractivity contribution in [3.63, 3.8) is 0 Å². The third kappa shape index (κ3) is 5.23. The maximum Gasteiger partial charge on any atom is 0.119 e. The van der Waals surface area contributed by atoms with Crippen molar-refractivity contribution in [1.82, 2.24) is 5.32 Å². The lowest BCUT2D eigenvalue weighted by molar-refractivity contribution is 0.232. The number of hydrogen-bond donors (Lipinski definition) is 1. The third-order valence-corrected chi connectivity index (χ3v) is 3.42. The van der Waals surface area contributed by atoms with E-state index < -0.39 is 0 Å². The van der Waals surface area contributed by atoms with E-state index in [-0.39, 0.29) is 5.41 Å². The van der Waals surface area contributed by atoms with Gasteiger partial charge in [-0.05, 0) is 35.6 Å². The summed E-state index contributed by atoms with van der Waals surface area (Å²) in [5, 5.41) is 3.46. The van der Waals surface area contributed by atoms with Gasteiger partial charge in [0.2, 0.25) is 0 Å². The lowest BCUT2D eigenvalue weighted by Crippen LogP contribution is -2.38. The molecule has 1 unspecified atom stereocenters. The van der Waals surface area contributed by atoms with Gasteiger partial charge in [-0.3, -0.25) is 0 Å². The second kappa shape index (κ2) is 6.95. The normalized spacial score (nSPS) is 13.6. The number of benzene rings is 1. The first kappa shape index (κ1) is 16.0. The van der Waals surface area contributed by atoms with E-state index in [0.29, 0.717) is 12.0 Å². The van der Waals surface area contributed by atoms with Crippen LogP contribution in [0.5, 0.6) is 5.75 Å². The largest absolute Gasteiger partial charge is 0.492 e. The fraction of sp³-hybridized carbons (Fsp3) is 0.647. The summed E-state index contributed by atoms with van der Waals surface area (Å²) in [5.74, 6) is 1.53. The molecule has 0 fully saturated rings. The second-order valence-electron chi connectivity index (χ2n) is 6.49. The molecule has 0 saturated heterocycles. The summed E-state index contributed by atoms with van der Waals surface area (Å²) >= 11 is 0. The molecule has 0 aliphatic heterocycles. The Morgan fingerprint density at radius 3 is 2.11 bits per heavy atom. The van der Waals surface area contributed by atoms with Crippen LogP contribution in [0.15, 0.2) is 24.3 Å². The van der Waals surface area contributed by atoms with Gasteiger partial charge in [-0.25, -0.2) is 0 Å². The van der Waals surface area contributed by atoms with Gasteiger partial charge in [0, 0.05) is 6.04 Å². The van der Waals surface area contributed by atoms with Crippen LogP contribution < -0.4 is 10.1 Å². The third-order valence-electron chi connectivity index (χ3n) is 3.42. The highest BCUT2D eigenvalue weighted by atomic mass is 16.5. The Bertz CT molecular complexity index is 362. The van der Waals surface area contributed by atoms with Gasteiger partial charge < -0.3 is 10.1 Å².